The van der Waals surface area contributed by atoms with Gasteiger partial charge in [-0.25, -0.2) is 0 Å². The topological polar surface area (TPSA) is 25.2 Å². The molecule has 2 aromatic rings. The van der Waals surface area contributed by atoms with Gasteiger partial charge in [0.2, 0.25) is 0 Å². The zero-order valence-corrected chi connectivity index (χ0v) is 13.1. The van der Waals surface area contributed by atoms with Crippen molar-refractivity contribution in [2.75, 3.05) is 5.32 Å². The molecule has 0 atom stereocenters. The van der Waals surface area contributed by atoms with Gasteiger partial charge in [0, 0.05) is 14.0 Å². The summed E-state index contributed by atoms with van der Waals surface area (Å²) in [5, 5.41) is 4.28. The highest BCUT2D eigenvalue weighted by atomic mass is 79.9. The quantitative estimate of drug-likeness (QED) is 0.713. The lowest BCUT2D eigenvalue weighted by Gasteiger charge is -2.10. The van der Waals surface area contributed by atoms with Crippen LogP contribution in [0.2, 0.25) is 10.2 Å². The van der Waals surface area contributed by atoms with E-state index in [2.05, 4.69) is 37.2 Å². The number of benzene rings is 1. The molecule has 1 N–H and O–H groups in total. The van der Waals surface area contributed by atoms with E-state index in [-0.39, 0.29) is 0 Å². The maximum atomic E-state index is 5.92. The minimum absolute atomic E-state index is 0.385. The van der Waals surface area contributed by atoms with E-state index in [9.17, 15) is 0 Å². The average molecular weight is 400 g/mol. The van der Waals surface area contributed by atoms with Crippen LogP contribution in [-0.4, -0.2) is 0 Å². The van der Waals surface area contributed by atoms with Crippen LogP contribution in [-0.2, 0) is 6.54 Å². The standard InChI is InChI=1S/C11H7Br2Cl2NO/c12-8-3-6(14)4-9(13)11(8)16-5-7-1-2-10(15)17-7/h1-4,16H,5H2. The molecule has 0 saturated carbocycles. The van der Waals surface area contributed by atoms with E-state index in [1.807, 2.05) is 18.2 Å². The van der Waals surface area contributed by atoms with Crippen LogP contribution < -0.4 is 5.32 Å². The molecular formula is C11H7Br2Cl2NO. The van der Waals surface area contributed by atoms with Crippen LogP contribution in [0.3, 0.4) is 0 Å². The number of hydrogen-bond donors (Lipinski definition) is 1. The van der Waals surface area contributed by atoms with Crippen molar-refractivity contribution < 1.29 is 4.42 Å². The molecule has 6 heteroatoms. The fraction of sp³-hybridized carbons (Fsp3) is 0.0909. The van der Waals surface area contributed by atoms with E-state index in [1.165, 1.54) is 0 Å². The first kappa shape index (κ1) is 13.3. The zero-order chi connectivity index (χ0) is 12.4. The molecular weight excluding hydrogens is 393 g/mol. The number of halogens is 4. The molecule has 0 fully saturated rings. The molecule has 0 radical (unpaired) electrons. The minimum Gasteiger partial charge on any atom is -0.448 e. The lowest BCUT2D eigenvalue weighted by Crippen LogP contribution is -1.99. The summed E-state index contributed by atoms with van der Waals surface area (Å²) in [7, 11) is 0. The van der Waals surface area contributed by atoms with Gasteiger partial charge in [-0.1, -0.05) is 11.6 Å². The van der Waals surface area contributed by atoms with Gasteiger partial charge < -0.3 is 9.73 Å². The SMILES string of the molecule is Clc1cc(Br)c(NCc2ccc(Cl)o2)c(Br)c1. The molecule has 0 saturated heterocycles. The van der Waals surface area contributed by atoms with Gasteiger partial charge >= 0.3 is 0 Å². The second-order valence-electron chi connectivity index (χ2n) is 3.30. The van der Waals surface area contributed by atoms with Gasteiger partial charge in [-0.3, -0.25) is 0 Å². The molecule has 1 aromatic heterocycles. The molecule has 1 aromatic carbocycles. The fourth-order valence-electron chi connectivity index (χ4n) is 1.33. The van der Waals surface area contributed by atoms with E-state index in [0.29, 0.717) is 16.8 Å². The van der Waals surface area contributed by atoms with Crippen molar-refractivity contribution in [3.63, 3.8) is 0 Å². The number of anilines is 1. The Morgan fingerprint density at radius 1 is 1.12 bits per heavy atom. The van der Waals surface area contributed by atoms with Crippen LogP contribution in [0.4, 0.5) is 5.69 Å². The normalized spacial score (nSPS) is 10.6. The lowest BCUT2D eigenvalue weighted by molar-refractivity contribution is 0.520. The number of furan rings is 1. The molecule has 90 valence electrons. The van der Waals surface area contributed by atoms with Gasteiger partial charge in [-0.05, 0) is 67.7 Å². The zero-order valence-electron chi connectivity index (χ0n) is 8.44. The van der Waals surface area contributed by atoms with Crippen molar-refractivity contribution in [3.05, 3.63) is 49.2 Å². The Kier molecular flexibility index (Phi) is 4.42. The van der Waals surface area contributed by atoms with Crippen LogP contribution in [0.15, 0.2) is 37.6 Å². The molecule has 0 spiro atoms. The van der Waals surface area contributed by atoms with E-state index in [0.717, 1.165) is 20.4 Å². The van der Waals surface area contributed by atoms with Crippen molar-refractivity contribution in [2.24, 2.45) is 0 Å². The first-order valence-electron chi connectivity index (χ1n) is 4.69. The Labute approximate surface area is 126 Å². The molecule has 0 unspecified atom stereocenters. The molecule has 0 aliphatic heterocycles. The average Bonchev–Trinajstić information content (AvgIpc) is 2.62. The van der Waals surface area contributed by atoms with E-state index >= 15 is 0 Å². The molecule has 0 bridgehead atoms. The van der Waals surface area contributed by atoms with Crippen molar-refractivity contribution in [1.29, 1.82) is 0 Å². The summed E-state index contributed by atoms with van der Waals surface area (Å²) >= 11 is 18.5. The third-order valence-corrected chi connectivity index (χ3v) is 3.75. The number of nitrogens with one attached hydrogen (secondary N) is 1. The Morgan fingerprint density at radius 2 is 1.76 bits per heavy atom. The van der Waals surface area contributed by atoms with Gasteiger partial charge in [0.05, 0.1) is 12.2 Å². The summed E-state index contributed by atoms with van der Waals surface area (Å²) in [6, 6.07) is 7.19. The summed E-state index contributed by atoms with van der Waals surface area (Å²) in [6.45, 7) is 0.547. The number of hydrogen-bond acceptors (Lipinski definition) is 2. The Hall–Kier alpha value is -0.160. The highest BCUT2D eigenvalue weighted by Gasteiger charge is 2.07. The van der Waals surface area contributed by atoms with Crippen LogP contribution in [0.1, 0.15) is 5.76 Å². The Bertz CT molecular complexity index is 519. The fourth-order valence-corrected chi connectivity index (χ4v) is 3.44. The summed E-state index contributed by atoms with van der Waals surface area (Å²) in [4.78, 5) is 0. The third kappa shape index (κ3) is 3.41. The van der Waals surface area contributed by atoms with Crippen LogP contribution >= 0.6 is 55.1 Å². The molecule has 0 aliphatic rings. The summed E-state index contributed by atoms with van der Waals surface area (Å²) in [6.07, 6.45) is 0. The monoisotopic (exact) mass is 397 g/mol. The molecule has 2 nitrogen and oxygen atoms in total. The predicted molar refractivity (Wildman–Crippen MR) is 77.9 cm³/mol. The Morgan fingerprint density at radius 3 is 2.29 bits per heavy atom. The van der Waals surface area contributed by atoms with Crippen molar-refractivity contribution in [2.45, 2.75) is 6.54 Å². The summed E-state index contributed by atoms with van der Waals surface area (Å²) < 4.78 is 7.02. The maximum Gasteiger partial charge on any atom is 0.193 e. The predicted octanol–water partition coefficient (Wildman–Crippen LogP) is 5.72. The highest BCUT2D eigenvalue weighted by molar-refractivity contribution is 9.11. The minimum atomic E-state index is 0.385. The molecule has 1 heterocycles. The van der Waals surface area contributed by atoms with Crippen molar-refractivity contribution >= 4 is 60.7 Å². The van der Waals surface area contributed by atoms with E-state index in [1.54, 1.807) is 6.07 Å². The number of rotatable bonds is 3. The summed E-state index contributed by atoms with van der Waals surface area (Å²) in [5.41, 5.74) is 0.918. The van der Waals surface area contributed by atoms with Crippen molar-refractivity contribution in [1.82, 2.24) is 0 Å². The molecule has 0 amide bonds. The van der Waals surface area contributed by atoms with Crippen molar-refractivity contribution in [3.8, 4) is 0 Å². The van der Waals surface area contributed by atoms with E-state index in [4.69, 9.17) is 27.6 Å². The van der Waals surface area contributed by atoms with Crippen LogP contribution in [0.5, 0.6) is 0 Å². The second kappa shape index (κ2) is 5.65. The van der Waals surface area contributed by atoms with Gasteiger partial charge in [-0.15, -0.1) is 0 Å². The first-order chi connectivity index (χ1) is 8.06. The van der Waals surface area contributed by atoms with Gasteiger partial charge in [0.25, 0.3) is 0 Å². The van der Waals surface area contributed by atoms with Gasteiger partial charge in [0.1, 0.15) is 5.76 Å². The first-order valence-corrected chi connectivity index (χ1v) is 7.03. The van der Waals surface area contributed by atoms with E-state index < -0.39 is 0 Å². The molecule has 17 heavy (non-hydrogen) atoms. The maximum absolute atomic E-state index is 5.92. The smallest absolute Gasteiger partial charge is 0.193 e. The third-order valence-electron chi connectivity index (χ3n) is 2.08. The van der Waals surface area contributed by atoms with Gasteiger partial charge in [0.15, 0.2) is 5.22 Å². The summed E-state index contributed by atoms with van der Waals surface area (Å²) in [5.74, 6) is 0.767. The molecule has 0 aliphatic carbocycles. The largest absolute Gasteiger partial charge is 0.448 e. The van der Waals surface area contributed by atoms with Crippen LogP contribution in [0, 0.1) is 0 Å². The van der Waals surface area contributed by atoms with Crippen LogP contribution in [0.25, 0.3) is 0 Å². The second-order valence-corrected chi connectivity index (χ2v) is 5.82. The lowest BCUT2D eigenvalue weighted by atomic mass is 10.3. The Balaban J connectivity index is 2.14. The highest BCUT2D eigenvalue weighted by Crippen LogP contribution is 2.34. The molecule has 2 rings (SSSR count). The van der Waals surface area contributed by atoms with Gasteiger partial charge in [-0.2, -0.15) is 0 Å².